The minimum absolute atomic E-state index is 0.326. The smallest absolute Gasteiger partial charge is 0.231 e. The highest BCUT2D eigenvalue weighted by atomic mass is 16.5. The highest BCUT2D eigenvalue weighted by molar-refractivity contribution is 5.53. The number of benzene rings is 2. The van der Waals surface area contributed by atoms with Gasteiger partial charge in [0.15, 0.2) is 0 Å². The molecule has 5 heteroatoms. The van der Waals surface area contributed by atoms with Crippen molar-refractivity contribution in [2.45, 2.75) is 25.7 Å². The van der Waals surface area contributed by atoms with E-state index in [2.05, 4.69) is 28.0 Å². The molecule has 27 heavy (non-hydrogen) atoms. The average molecular weight is 363 g/mol. The Morgan fingerprint density at radius 2 is 1.93 bits per heavy atom. The second-order valence-corrected chi connectivity index (χ2v) is 7.08. The molecule has 5 nitrogen and oxygen atoms in total. The standard InChI is InChI=1S/C22H25N3O2/c1-17-8-5-6-11-20(17)26-15-7-13-25-14-12-19(16-25)22-23-21(24-27-22)18-9-3-2-4-10-18/h2-6,8-11,19H,7,12-16H2,1H3/t19-/m0/s1. The van der Waals surface area contributed by atoms with E-state index in [9.17, 15) is 0 Å². The van der Waals surface area contributed by atoms with Gasteiger partial charge in [0, 0.05) is 18.7 Å². The van der Waals surface area contributed by atoms with Crippen molar-refractivity contribution in [1.29, 1.82) is 0 Å². The van der Waals surface area contributed by atoms with Crippen LogP contribution in [0.2, 0.25) is 0 Å². The molecule has 0 aliphatic carbocycles. The first-order valence-electron chi connectivity index (χ1n) is 9.59. The fraction of sp³-hybridized carbons (Fsp3) is 0.364. The van der Waals surface area contributed by atoms with Gasteiger partial charge < -0.3 is 14.2 Å². The molecule has 1 aliphatic rings. The number of hydrogen-bond donors (Lipinski definition) is 0. The minimum Gasteiger partial charge on any atom is -0.493 e. The summed E-state index contributed by atoms with van der Waals surface area (Å²) in [6.07, 6.45) is 2.08. The zero-order valence-corrected chi connectivity index (χ0v) is 15.7. The van der Waals surface area contributed by atoms with E-state index in [4.69, 9.17) is 9.26 Å². The molecule has 0 saturated carbocycles. The van der Waals surface area contributed by atoms with Crippen LogP contribution in [0.15, 0.2) is 59.1 Å². The fourth-order valence-electron chi connectivity index (χ4n) is 3.53. The lowest BCUT2D eigenvalue weighted by Crippen LogP contribution is -2.23. The quantitative estimate of drug-likeness (QED) is 0.586. The molecule has 3 aromatic rings. The third-order valence-corrected chi connectivity index (χ3v) is 5.07. The maximum absolute atomic E-state index is 5.89. The zero-order chi connectivity index (χ0) is 18.5. The van der Waals surface area contributed by atoms with Crippen LogP contribution in [0.25, 0.3) is 11.4 Å². The van der Waals surface area contributed by atoms with Crippen molar-refractivity contribution in [1.82, 2.24) is 15.0 Å². The molecule has 0 radical (unpaired) electrons. The average Bonchev–Trinajstić information content (AvgIpc) is 3.37. The third kappa shape index (κ3) is 4.37. The number of aryl methyl sites for hydroxylation is 1. The SMILES string of the molecule is Cc1ccccc1OCCCN1CC[C@H](c2nc(-c3ccccc3)no2)C1. The first-order chi connectivity index (χ1) is 13.3. The monoisotopic (exact) mass is 363 g/mol. The lowest BCUT2D eigenvalue weighted by atomic mass is 10.1. The summed E-state index contributed by atoms with van der Waals surface area (Å²) in [6.45, 7) is 5.89. The largest absolute Gasteiger partial charge is 0.493 e. The molecule has 0 amide bonds. The number of rotatable bonds is 7. The molecule has 2 heterocycles. The van der Waals surface area contributed by atoms with Crippen molar-refractivity contribution in [2.24, 2.45) is 0 Å². The molecule has 1 saturated heterocycles. The van der Waals surface area contributed by atoms with E-state index >= 15 is 0 Å². The van der Waals surface area contributed by atoms with Crippen molar-refractivity contribution in [2.75, 3.05) is 26.2 Å². The van der Waals surface area contributed by atoms with Crippen LogP contribution in [-0.2, 0) is 0 Å². The van der Waals surface area contributed by atoms with E-state index in [0.717, 1.165) is 56.3 Å². The van der Waals surface area contributed by atoms with E-state index < -0.39 is 0 Å². The molecule has 0 spiro atoms. The lowest BCUT2D eigenvalue weighted by molar-refractivity contribution is 0.258. The maximum atomic E-state index is 5.89. The molecule has 1 atom stereocenters. The highest BCUT2D eigenvalue weighted by Gasteiger charge is 2.28. The molecular weight excluding hydrogens is 338 g/mol. The van der Waals surface area contributed by atoms with Crippen LogP contribution in [-0.4, -0.2) is 41.3 Å². The van der Waals surface area contributed by atoms with Crippen molar-refractivity contribution in [3.8, 4) is 17.1 Å². The minimum atomic E-state index is 0.326. The van der Waals surface area contributed by atoms with Crippen LogP contribution in [0.3, 0.4) is 0 Å². The summed E-state index contributed by atoms with van der Waals surface area (Å²) >= 11 is 0. The van der Waals surface area contributed by atoms with Crippen molar-refractivity contribution in [3.05, 3.63) is 66.1 Å². The third-order valence-electron chi connectivity index (χ3n) is 5.07. The summed E-state index contributed by atoms with van der Waals surface area (Å²) in [6, 6.07) is 18.1. The van der Waals surface area contributed by atoms with Crippen molar-refractivity contribution < 1.29 is 9.26 Å². The Labute approximate surface area is 160 Å². The molecule has 1 aromatic heterocycles. The number of hydrogen-bond acceptors (Lipinski definition) is 5. The topological polar surface area (TPSA) is 51.4 Å². The summed E-state index contributed by atoms with van der Waals surface area (Å²) < 4.78 is 11.4. The number of likely N-dealkylation sites (tertiary alicyclic amines) is 1. The molecule has 0 N–H and O–H groups in total. The molecular formula is C22H25N3O2. The van der Waals surface area contributed by atoms with E-state index in [1.165, 1.54) is 5.56 Å². The van der Waals surface area contributed by atoms with Gasteiger partial charge in [0.25, 0.3) is 0 Å². The zero-order valence-electron chi connectivity index (χ0n) is 15.7. The molecule has 4 rings (SSSR count). The normalized spacial score (nSPS) is 17.3. The van der Waals surface area contributed by atoms with Gasteiger partial charge >= 0.3 is 0 Å². The number of ether oxygens (including phenoxy) is 1. The number of para-hydroxylation sites is 1. The van der Waals surface area contributed by atoms with Crippen LogP contribution < -0.4 is 4.74 Å². The van der Waals surface area contributed by atoms with Gasteiger partial charge in [-0.1, -0.05) is 53.7 Å². The molecule has 0 bridgehead atoms. The Morgan fingerprint density at radius 1 is 1.11 bits per heavy atom. The van der Waals surface area contributed by atoms with Crippen LogP contribution in [0.4, 0.5) is 0 Å². The van der Waals surface area contributed by atoms with Crippen molar-refractivity contribution >= 4 is 0 Å². The number of nitrogens with zero attached hydrogens (tertiary/aromatic N) is 3. The van der Waals surface area contributed by atoms with Gasteiger partial charge in [-0.3, -0.25) is 0 Å². The molecule has 0 unspecified atom stereocenters. The van der Waals surface area contributed by atoms with E-state index in [1.807, 2.05) is 48.5 Å². The number of aromatic nitrogens is 2. The lowest BCUT2D eigenvalue weighted by Gasteiger charge is -2.15. The van der Waals surface area contributed by atoms with Crippen LogP contribution in [0.1, 0.15) is 30.2 Å². The predicted molar refractivity (Wildman–Crippen MR) is 105 cm³/mol. The van der Waals surface area contributed by atoms with Gasteiger partial charge in [-0.2, -0.15) is 4.98 Å². The van der Waals surface area contributed by atoms with Crippen LogP contribution in [0.5, 0.6) is 5.75 Å². The summed E-state index contributed by atoms with van der Waals surface area (Å²) in [5, 5.41) is 4.15. The van der Waals surface area contributed by atoms with E-state index in [0.29, 0.717) is 11.7 Å². The molecule has 1 fully saturated rings. The summed E-state index contributed by atoms with van der Waals surface area (Å²) in [4.78, 5) is 7.07. The van der Waals surface area contributed by atoms with E-state index in [-0.39, 0.29) is 0 Å². The Morgan fingerprint density at radius 3 is 2.78 bits per heavy atom. The van der Waals surface area contributed by atoms with Gasteiger partial charge in [0.2, 0.25) is 11.7 Å². The Hall–Kier alpha value is -2.66. The summed E-state index contributed by atoms with van der Waals surface area (Å²) in [7, 11) is 0. The predicted octanol–water partition coefficient (Wildman–Crippen LogP) is 4.30. The second-order valence-electron chi connectivity index (χ2n) is 7.08. The first-order valence-corrected chi connectivity index (χ1v) is 9.59. The van der Waals surface area contributed by atoms with Gasteiger partial charge in [0.1, 0.15) is 5.75 Å². The first kappa shape index (κ1) is 17.7. The summed E-state index contributed by atoms with van der Waals surface area (Å²) in [5.74, 6) is 2.74. The Balaban J connectivity index is 1.25. The molecule has 2 aromatic carbocycles. The van der Waals surface area contributed by atoms with Gasteiger partial charge in [-0.25, -0.2) is 0 Å². The second kappa shape index (κ2) is 8.35. The maximum Gasteiger partial charge on any atom is 0.231 e. The highest BCUT2D eigenvalue weighted by Crippen LogP contribution is 2.27. The van der Waals surface area contributed by atoms with Crippen molar-refractivity contribution in [3.63, 3.8) is 0 Å². The van der Waals surface area contributed by atoms with Gasteiger partial charge in [0.05, 0.1) is 12.5 Å². The Kier molecular flexibility index (Phi) is 5.49. The van der Waals surface area contributed by atoms with Gasteiger partial charge in [-0.05, 0) is 37.9 Å². The fourth-order valence-corrected chi connectivity index (χ4v) is 3.53. The van der Waals surface area contributed by atoms with Crippen LogP contribution >= 0.6 is 0 Å². The molecule has 140 valence electrons. The summed E-state index contributed by atoms with van der Waals surface area (Å²) in [5.41, 5.74) is 2.18. The van der Waals surface area contributed by atoms with Crippen LogP contribution in [0, 0.1) is 6.92 Å². The van der Waals surface area contributed by atoms with E-state index in [1.54, 1.807) is 0 Å². The molecule has 1 aliphatic heterocycles. The van der Waals surface area contributed by atoms with Gasteiger partial charge in [-0.15, -0.1) is 0 Å². The Bertz CT molecular complexity index is 863.